The molecule has 0 amide bonds. The first-order chi connectivity index (χ1) is 9.43. The van der Waals surface area contributed by atoms with Gasteiger partial charge in [-0.15, -0.1) is 0 Å². The Morgan fingerprint density at radius 2 is 1.79 bits per heavy atom. The SMILES string of the molecule is c1ccc(-c2ccccc2CO[C@H]2CCNC2)cc1. The van der Waals surface area contributed by atoms with Gasteiger partial charge in [0.05, 0.1) is 12.7 Å². The topological polar surface area (TPSA) is 21.3 Å². The van der Waals surface area contributed by atoms with E-state index in [1.807, 2.05) is 6.07 Å². The summed E-state index contributed by atoms with van der Waals surface area (Å²) in [5, 5.41) is 3.33. The Hall–Kier alpha value is -1.64. The molecule has 0 aliphatic carbocycles. The van der Waals surface area contributed by atoms with Crippen molar-refractivity contribution in [3.8, 4) is 11.1 Å². The van der Waals surface area contributed by atoms with Crippen LogP contribution in [0.1, 0.15) is 12.0 Å². The standard InChI is InChI=1S/C17H19NO/c1-2-6-14(7-3-1)17-9-5-4-8-15(17)13-19-16-10-11-18-12-16/h1-9,16,18H,10-13H2/t16-/m0/s1. The van der Waals surface area contributed by atoms with Gasteiger partial charge in [0.15, 0.2) is 0 Å². The fraction of sp³-hybridized carbons (Fsp3) is 0.294. The predicted molar refractivity (Wildman–Crippen MR) is 77.9 cm³/mol. The summed E-state index contributed by atoms with van der Waals surface area (Å²) in [4.78, 5) is 0. The zero-order valence-corrected chi connectivity index (χ0v) is 11.0. The van der Waals surface area contributed by atoms with Crippen LogP contribution in [0.5, 0.6) is 0 Å². The molecule has 1 saturated heterocycles. The van der Waals surface area contributed by atoms with E-state index < -0.39 is 0 Å². The first-order valence-electron chi connectivity index (χ1n) is 6.89. The molecule has 1 atom stereocenters. The van der Waals surface area contributed by atoms with Crippen LogP contribution in [-0.4, -0.2) is 19.2 Å². The highest BCUT2D eigenvalue weighted by Crippen LogP contribution is 2.24. The Balaban J connectivity index is 1.77. The average Bonchev–Trinajstić information content (AvgIpc) is 3.00. The van der Waals surface area contributed by atoms with Crippen molar-refractivity contribution >= 4 is 0 Å². The van der Waals surface area contributed by atoms with Crippen molar-refractivity contribution in [3.05, 3.63) is 60.2 Å². The van der Waals surface area contributed by atoms with Gasteiger partial charge in [0, 0.05) is 6.54 Å². The van der Waals surface area contributed by atoms with E-state index in [0.717, 1.165) is 19.5 Å². The highest BCUT2D eigenvalue weighted by atomic mass is 16.5. The van der Waals surface area contributed by atoms with Gasteiger partial charge < -0.3 is 10.1 Å². The minimum absolute atomic E-state index is 0.365. The van der Waals surface area contributed by atoms with Gasteiger partial charge in [-0.1, -0.05) is 54.6 Å². The third-order valence-corrected chi connectivity index (χ3v) is 3.59. The van der Waals surface area contributed by atoms with Crippen molar-refractivity contribution in [1.29, 1.82) is 0 Å². The normalized spacial score (nSPS) is 18.6. The van der Waals surface area contributed by atoms with E-state index in [2.05, 4.69) is 53.8 Å². The molecular formula is C17H19NO. The molecule has 0 unspecified atom stereocenters. The lowest BCUT2D eigenvalue weighted by molar-refractivity contribution is 0.0545. The molecule has 1 N–H and O–H groups in total. The lowest BCUT2D eigenvalue weighted by atomic mass is 10.0. The average molecular weight is 253 g/mol. The van der Waals surface area contributed by atoms with Gasteiger partial charge in [-0.3, -0.25) is 0 Å². The molecule has 2 aromatic carbocycles. The first kappa shape index (κ1) is 12.4. The molecule has 19 heavy (non-hydrogen) atoms. The Kier molecular flexibility index (Phi) is 3.92. The Morgan fingerprint density at radius 3 is 2.58 bits per heavy atom. The van der Waals surface area contributed by atoms with Crippen LogP contribution < -0.4 is 5.32 Å². The van der Waals surface area contributed by atoms with E-state index in [4.69, 9.17) is 4.74 Å². The molecule has 2 aromatic rings. The highest BCUT2D eigenvalue weighted by molar-refractivity contribution is 5.66. The number of hydrogen-bond donors (Lipinski definition) is 1. The van der Waals surface area contributed by atoms with E-state index in [9.17, 15) is 0 Å². The van der Waals surface area contributed by atoms with Crippen LogP contribution in [0.15, 0.2) is 54.6 Å². The molecule has 3 rings (SSSR count). The highest BCUT2D eigenvalue weighted by Gasteiger charge is 2.15. The smallest absolute Gasteiger partial charge is 0.0727 e. The quantitative estimate of drug-likeness (QED) is 0.903. The van der Waals surface area contributed by atoms with Crippen LogP contribution in [-0.2, 0) is 11.3 Å². The van der Waals surface area contributed by atoms with Crippen LogP contribution in [0.2, 0.25) is 0 Å². The Bertz CT molecular complexity index is 518. The molecule has 0 spiro atoms. The molecule has 0 radical (unpaired) electrons. The Labute approximate surface area is 114 Å². The van der Waals surface area contributed by atoms with E-state index in [0.29, 0.717) is 12.7 Å². The summed E-state index contributed by atoms with van der Waals surface area (Å²) in [6.07, 6.45) is 1.48. The molecule has 1 aliphatic heterocycles. The lowest BCUT2D eigenvalue weighted by Gasteiger charge is -2.13. The minimum Gasteiger partial charge on any atom is -0.372 e. The summed E-state index contributed by atoms with van der Waals surface area (Å²) in [7, 11) is 0. The van der Waals surface area contributed by atoms with Crippen LogP contribution in [0.4, 0.5) is 0 Å². The monoisotopic (exact) mass is 253 g/mol. The maximum Gasteiger partial charge on any atom is 0.0727 e. The summed E-state index contributed by atoms with van der Waals surface area (Å²) in [6, 6.07) is 19.0. The molecule has 0 saturated carbocycles. The summed E-state index contributed by atoms with van der Waals surface area (Å²) in [5.74, 6) is 0. The lowest BCUT2D eigenvalue weighted by Crippen LogP contribution is -2.16. The van der Waals surface area contributed by atoms with Gasteiger partial charge in [0.2, 0.25) is 0 Å². The second kappa shape index (κ2) is 6.00. The third-order valence-electron chi connectivity index (χ3n) is 3.59. The molecule has 98 valence electrons. The van der Waals surface area contributed by atoms with Crippen LogP contribution in [0, 0.1) is 0 Å². The predicted octanol–water partition coefficient (Wildman–Crippen LogP) is 3.23. The number of rotatable bonds is 4. The van der Waals surface area contributed by atoms with Gasteiger partial charge in [-0.25, -0.2) is 0 Å². The maximum absolute atomic E-state index is 5.99. The molecule has 0 aromatic heterocycles. The largest absolute Gasteiger partial charge is 0.372 e. The van der Waals surface area contributed by atoms with E-state index in [1.54, 1.807) is 0 Å². The van der Waals surface area contributed by atoms with Crippen LogP contribution >= 0.6 is 0 Å². The molecule has 2 nitrogen and oxygen atoms in total. The summed E-state index contributed by atoms with van der Waals surface area (Å²) < 4.78 is 5.99. The fourth-order valence-electron chi connectivity index (χ4n) is 2.52. The molecule has 0 bridgehead atoms. The fourth-order valence-corrected chi connectivity index (χ4v) is 2.52. The summed E-state index contributed by atoms with van der Waals surface area (Å²) in [6.45, 7) is 2.75. The summed E-state index contributed by atoms with van der Waals surface area (Å²) in [5.41, 5.74) is 3.79. The van der Waals surface area contributed by atoms with Crippen molar-refractivity contribution < 1.29 is 4.74 Å². The van der Waals surface area contributed by atoms with Crippen molar-refractivity contribution in [1.82, 2.24) is 5.32 Å². The number of benzene rings is 2. The van der Waals surface area contributed by atoms with E-state index in [-0.39, 0.29) is 0 Å². The molecule has 2 heteroatoms. The third kappa shape index (κ3) is 3.03. The second-order valence-electron chi connectivity index (χ2n) is 4.95. The van der Waals surface area contributed by atoms with E-state index >= 15 is 0 Å². The van der Waals surface area contributed by atoms with Crippen molar-refractivity contribution in [2.75, 3.05) is 13.1 Å². The zero-order chi connectivity index (χ0) is 12.9. The minimum atomic E-state index is 0.365. The van der Waals surface area contributed by atoms with Crippen molar-refractivity contribution in [2.24, 2.45) is 0 Å². The van der Waals surface area contributed by atoms with Gasteiger partial charge in [-0.2, -0.15) is 0 Å². The van der Waals surface area contributed by atoms with Gasteiger partial charge in [-0.05, 0) is 29.7 Å². The van der Waals surface area contributed by atoms with Gasteiger partial charge in [0.25, 0.3) is 0 Å². The maximum atomic E-state index is 5.99. The molecular weight excluding hydrogens is 234 g/mol. The molecule has 1 fully saturated rings. The van der Waals surface area contributed by atoms with Gasteiger partial charge in [0.1, 0.15) is 0 Å². The van der Waals surface area contributed by atoms with Crippen LogP contribution in [0.25, 0.3) is 11.1 Å². The van der Waals surface area contributed by atoms with E-state index in [1.165, 1.54) is 16.7 Å². The van der Waals surface area contributed by atoms with Gasteiger partial charge >= 0.3 is 0 Å². The number of ether oxygens (including phenoxy) is 1. The number of nitrogens with one attached hydrogen (secondary N) is 1. The van der Waals surface area contributed by atoms with Crippen LogP contribution in [0.3, 0.4) is 0 Å². The van der Waals surface area contributed by atoms with Crippen molar-refractivity contribution in [2.45, 2.75) is 19.1 Å². The Morgan fingerprint density at radius 1 is 1.00 bits per heavy atom. The second-order valence-corrected chi connectivity index (χ2v) is 4.95. The molecule has 1 aliphatic rings. The first-order valence-corrected chi connectivity index (χ1v) is 6.89. The zero-order valence-electron chi connectivity index (χ0n) is 11.0. The number of hydrogen-bond acceptors (Lipinski definition) is 2. The molecule has 1 heterocycles. The summed E-state index contributed by atoms with van der Waals surface area (Å²) >= 11 is 0. The van der Waals surface area contributed by atoms with Crippen molar-refractivity contribution in [3.63, 3.8) is 0 Å².